The summed E-state index contributed by atoms with van der Waals surface area (Å²) in [4.78, 5) is 36.5. The van der Waals surface area contributed by atoms with Crippen LogP contribution in [0.15, 0.2) is 18.2 Å². The van der Waals surface area contributed by atoms with Gasteiger partial charge in [0.2, 0.25) is 5.91 Å². The largest absolute Gasteiger partial charge is 0.507 e. The molecule has 28 heavy (non-hydrogen) atoms. The SMILES string of the molecule is NC(=O)C1C(=O)C[C@@H]2Cc3c(c(O)c4c(O)cccc4c3O)C(O)[C@]2(O)C1=O. The lowest BCUT2D eigenvalue weighted by Gasteiger charge is -2.47. The molecule has 4 rings (SSSR count). The Labute approximate surface area is 157 Å². The molecule has 2 unspecified atom stereocenters. The Hall–Kier alpha value is -3.17. The van der Waals surface area contributed by atoms with E-state index < -0.39 is 53.2 Å². The lowest BCUT2D eigenvalue weighted by molar-refractivity contribution is -0.180. The molecule has 9 nitrogen and oxygen atoms in total. The molecule has 7 N–H and O–H groups in total. The molecule has 146 valence electrons. The van der Waals surface area contributed by atoms with Crippen LogP contribution >= 0.6 is 0 Å². The van der Waals surface area contributed by atoms with E-state index in [4.69, 9.17) is 5.73 Å². The third kappa shape index (κ3) is 2.05. The van der Waals surface area contributed by atoms with E-state index in [1.807, 2.05) is 0 Å². The number of aliphatic hydroxyl groups excluding tert-OH is 1. The molecule has 0 aromatic heterocycles. The maximum atomic E-state index is 12.8. The van der Waals surface area contributed by atoms with Gasteiger partial charge in [0.05, 0.1) is 5.39 Å². The van der Waals surface area contributed by atoms with Crippen LogP contribution in [0.3, 0.4) is 0 Å². The number of fused-ring (bicyclic) bond motifs is 3. The minimum atomic E-state index is -2.55. The minimum absolute atomic E-state index is 0.0518. The number of aromatic hydroxyl groups is 3. The van der Waals surface area contributed by atoms with Gasteiger partial charge in [0, 0.05) is 28.9 Å². The van der Waals surface area contributed by atoms with Crippen LogP contribution in [0, 0.1) is 11.8 Å². The van der Waals surface area contributed by atoms with Crippen LogP contribution in [0.2, 0.25) is 0 Å². The maximum absolute atomic E-state index is 12.8. The molecule has 9 heteroatoms. The van der Waals surface area contributed by atoms with E-state index in [9.17, 15) is 39.9 Å². The Morgan fingerprint density at radius 2 is 1.79 bits per heavy atom. The van der Waals surface area contributed by atoms with Gasteiger partial charge >= 0.3 is 0 Å². The second-order valence-electron chi connectivity index (χ2n) is 7.29. The molecule has 1 saturated carbocycles. The predicted octanol–water partition coefficient (Wildman–Crippen LogP) is -0.463. The number of phenols is 3. The van der Waals surface area contributed by atoms with Gasteiger partial charge in [0.15, 0.2) is 23.1 Å². The molecule has 2 aliphatic carbocycles. The van der Waals surface area contributed by atoms with Crippen molar-refractivity contribution < 1.29 is 39.9 Å². The Bertz CT molecular complexity index is 1080. The number of nitrogens with two attached hydrogens (primary N) is 1. The number of Topliss-reactive ketones (excluding diaryl/α,β-unsaturated/α-hetero) is 2. The van der Waals surface area contributed by atoms with Gasteiger partial charge in [0.25, 0.3) is 0 Å². The Morgan fingerprint density at radius 1 is 1.11 bits per heavy atom. The number of hydrogen-bond donors (Lipinski definition) is 6. The Balaban J connectivity index is 2.00. The van der Waals surface area contributed by atoms with Crippen molar-refractivity contribution in [2.45, 2.75) is 24.5 Å². The zero-order chi connectivity index (χ0) is 20.5. The Kier molecular flexibility index (Phi) is 3.68. The first kappa shape index (κ1) is 18.2. The summed E-state index contributed by atoms with van der Waals surface area (Å²) < 4.78 is 0. The van der Waals surface area contributed by atoms with Crippen molar-refractivity contribution in [2.24, 2.45) is 17.6 Å². The van der Waals surface area contributed by atoms with E-state index >= 15 is 0 Å². The summed E-state index contributed by atoms with van der Waals surface area (Å²) >= 11 is 0. The molecule has 0 spiro atoms. The number of hydrogen-bond acceptors (Lipinski definition) is 8. The first-order valence-electron chi connectivity index (χ1n) is 8.55. The highest BCUT2D eigenvalue weighted by Crippen LogP contribution is 2.55. The van der Waals surface area contributed by atoms with Gasteiger partial charge in [-0.05, 0) is 12.5 Å². The van der Waals surface area contributed by atoms with Crippen molar-refractivity contribution in [2.75, 3.05) is 0 Å². The van der Waals surface area contributed by atoms with Gasteiger partial charge in [-0.15, -0.1) is 0 Å². The van der Waals surface area contributed by atoms with Crippen LogP contribution < -0.4 is 5.73 Å². The maximum Gasteiger partial charge on any atom is 0.235 e. The van der Waals surface area contributed by atoms with Crippen molar-refractivity contribution in [1.82, 2.24) is 0 Å². The molecule has 2 aliphatic rings. The summed E-state index contributed by atoms with van der Waals surface area (Å²) in [7, 11) is 0. The second-order valence-corrected chi connectivity index (χ2v) is 7.29. The standard InChI is InChI=1S/C19H17NO8/c20-18(27)13-10(22)5-6-4-8-12(16(25)19(6,28)17(13)26)15(24)11-7(14(8)23)2-1-3-9(11)21/h1-3,6,13,16,21,23-25,28H,4-5H2,(H2,20,27)/t6-,13?,16?,19-/m0/s1. The van der Waals surface area contributed by atoms with Crippen LogP contribution in [-0.2, 0) is 20.8 Å². The van der Waals surface area contributed by atoms with E-state index in [-0.39, 0.29) is 39.8 Å². The topological polar surface area (TPSA) is 178 Å². The highest BCUT2D eigenvalue weighted by molar-refractivity contribution is 6.22. The lowest BCUT2D eigenvalue weighted by Crippen LogP contribution is -2.63. The molecule has 4 atom stereocenters. The van der Waals surface area contributed by atoms with E-state index in [2.05, 4.69) is 0 Å². The fourth-order valence-electron chi connectivity index (χ4n) is 4.49. The average molecular weight is 387 g/mol. The molecule has 0 saturated heterocycles. The third-order valence-electron chi connectivity index (χ3n) is 5.87. The molecule has 0 radical (unpaired) electrons. The first-order chi connectivity index (χ1) is 13.1. The van der Waals surface area contributed by atoms with Crippen molar-refractivity contribution in [3.05, 3.63) is 29.3 Å². The number of rotatable bonds is 1. The molecule has 1 amide bonds. The van der Waals surface area contributed by atoms with Gasteiger partial charge in [-0.2, -0.15) is 0 Å². The highest BCUT2D eigenvalue weighted by atomic mass is 16.4. The van der Waals surface area contributed by atoms with Gasteiger partial charge < -0.3 is 31.3 Å². The fraction of sp³-hybridized carbons (Fsp3) is 0.316. The van der Waals surface area contributed by atoms with Crippen LogP contribution in [0.1, 0.15) is 23.7 Å². The lowest BCUT2D eigenvalue weighted by atomic mass is 9.59. The molecule has 0 aliphatic heterocycles. The van der Waals surface area contributed by atoms with Crippen LogP contribution in [-0.4, -0.2) is 48.6 Å². The zero-order valence-electron chi connectivity index (χ0n) is 14.4. The summed E-state index contributed by atoms with van der Waals surface area (Å²) in [6.45, 7) is 0. The quantitative estimate of drug-likeness (QED) is 0.281. The van der Waals surface area contributed by atoms with Gasteiger partial charge in [-0.1, -0.05) is 12.1 Å². The van der Waals surface area contributed by atoms with Crippen molar-refractivity contribution in [3.63, 3.8) is 0 Å². The summed E-state index contributed by atoms with van der Waals surface area (Å²) in [5, 5.41) is 53.2. The number of primary amides is 1. The summed E-state index contributed by atoms with van der Waals surface area (Å²) in [5.74, 6) is -7.61. The van der Waals surface area contributed by atoms with Crippen LogP contribution in [0.4, 0.5) is 0 Å². The summed E-state index contributed by atoms with van der Waals surface area (Å²) in [6, 6.07) is 4.15. The molecule has 0 bridgehead atoms. The van der Waals surface area contributed by atoms with Gasteiger partial charge in [0.1, 0.15) is 23.4 Å². The van der Waals surface area contributed by atoms with E-state index in [0.29, 0.717) is 0 Å². The second kappa shape index (κ2) is 5.66. The predicted molar refractivity (Wildman–Crippen MR) is 93.4 cm³/mol. The van der Waals surface area contributed by atoms with Crippen molar-refractivity contribution in [3.8, 4) is 17.2 Å². The molecular weight excluding hydrogens is 370 g/mol. The molecule has 0 heterocycles. The van der Waals surface area contributed by atoms with Gasteiger partial charge in [-0.25, -0.2) is 0 Å². The normalized spacial score (nSPS) is 29.4. The van der Waals surface area contributed by atoms with E-state index in [1.165, 1.54) is 18.2 Å². The van der Waals surface area contributed by atoms with Crippen molar-refractivity contribution >= 4 is 28.2 Å². The van der Waals surface area contributed by atoms with Gasteiger partial charge in [-0.3, -0.25) is 14.4 Å². The minimum Gasteiger partial charge on any atom is -0.507 e. The van der Waals surface area contributed by atoms with E-state index in [0.717, 1.165) is 0 Å². The van der Waals surface area contributed by atoms with Crippen molar-refractivity contribution in [1.29, 1.82) is 0 Å². The molecule has 2 aromatic carbocycles. The number of aliphatic hydroxyl groups is 2. The smallest absolute Gasteiger partial charge is 0.235 e. The summed E-state index contributed by atoms with van der Waals surface area (Å²) in [6.07, 6.45) is -2.67. The highest BCUT2D eigenvalue weighted by Gasteiger charge is 2.62. The Morgan fingerprint density at radius 3 is 2.43 bits per heavy atom. The van der Waals surface area contributed by atoms with E-state index in [1.54, 1.807) is 0 Å². The number of benzene rings is 2. The molecular formula is C19H17NO8. The third-order valence-corrected chi connectivity index (χ3v) is 5.87. The fourth-order valence-corrected chi connectivity index (χ4v) is 4.49. The molecule has 2 aromatic rings. The first-order valence-corrected chi connectivity index (χ1v) is 8.55. The zero-order valence-corrected chi connectivity index (χ0v) is 14.4. The monoisotopic (exact) mass is 387 g/mol. The van der Waals surface area contributed by atoms with Crippen LogP contribution in [0.5, 0.6) is 17.2 Å². The number of carbonyl (C=O) groups is 3. The number of ketones is 2. The number of phenolic OH excluding ortho intramolecular Hbond substituents is 3. The van der Waals surface area contributed by atoms with Crippen LogP contribution in [0.25, 0.3) is 10.8 Å². The molecule has 1 fully saturated rings. The number of amides is 1. The summed E-state index contributed by atoms with van der Waals surface area (Å²) in [5.41, 5.74) is 2.28. The average Bonchev–Trinajstić information content (AvgIpc) is 2.62. The number of carbonyl (C=O) groups excluding carboxylic acids is 3.